The maximum atomic E-state index is 13.5. The molecule has 0 aliphatic carbocycles. The lowest BCUT2D eigenvalue weighted by Crippen LogP contribution is -2.16. The van der Waals surface area contributed by atoms with E-state index in [1.807, 2.05) is 0 Å². The van der Waals surface area contributed by atoms with Crippen LogP contribution in [0.2, 0.25) is 5.02 Å². The minimum absolute atomic E-state index is 0.0872. The fraction of sp³-hybridized carbons (Fsp3) is 0. The zero-order valence-corrected chi connectivity index (χ0v) is 14.4. The van der Waals surface area contributed by atoms with Crippen molar-refractivity contribution in [3.63, 3.8) is 0 Å². The molecule has 11 heteroatoms. The predicted molar refractivity (Wildman–Crippen MR) is 90.5 cm³/mol. The summed E-state index contributed by atoms with van der Waals surface area (Å²) in [4.78, 5) is 14.4. The lowest BCUT2D eigenvalue weighted by molar-refractivity contribution is 0.0691. The Labute approximate surface area is 151 Å². The number of rotatable bonds is 5. The molecule has 134 valence electrons. The van der Waals surface area contributed by atoms with E-state index in [2.05, 4.69) is 14.8 Å². The van der Waals surface area contributed by atoms with Crippen LogP contribution < -0.4 is 4.72 Å². The molecule has 0 amide bonds. The van der Waals surface area contributed by atoms with E-state index < -0.39 is 32.3 Å². The number of hydrogen-bond donors (Lipinski definition) is 2. The van der Waals surface area contributed by atoms with Crippen LogP contribution in [-0.4, -0.2) is 34.3 Å². The highest BCUT2D eigenvalue weighted by Crippen LogP contribution is 2.27. The maximum absolute atomic E-state index is 13.5. The van der Waals surface area contributed by atoms with Crippen LogP contribution in [0.4, 0.5) is 10.1 Å². The second-order valence-corrected chi connectivity index (χ2v) is 7.17. The number of carbonyl (C=O) groups is 1. The number of hydrogen-bond acceptors (Lipinski definition) is 5. The SMILES string of the molecule is O=C(O)c1cc(S(=O)(=O)Nc2cc(Cl)ccc2-n2cncn2)ccc1F. The Bertz CT molecular complexity index is 1090. The number of benzene rings is 2. The molecule has 2 aromatic carbocycles. The van der Waals surface area contributed by atoms with Crippen LogP contribution in [0.3, 0.4) is 0 Å². The van der Waals surface area contributed by atoms with E-state index in [1.165, 1.54) is 35.5 Å². The average molecular weight is 397 g/mol. The van der Waals surface area contributed by atoms with Crippen LogP contribution >= 0.6 is 11.6 Å². The molecular weight excluding hydrogens is 387 g/mol. The summed E-state index contributed by atoms with van der Waals surface area (Å²) >= 11 is 5.93. The Morgan fingerprint density at radius 3 is 2.65 bits per heavy atom. The van der Waals surface area contributed by atoms with Crippen molar-refractivity contribution in [2.75, 3.05) is 4.72 Å². The van der Waals surface area contributed by atoms with Gasteiger partial charge in [0.25, 0.3) is 10.0 Å². The summed E-state index contributed by atoms with van der Waals surface area (Å²) in [5.74, 6) is -2.62. The molecule has 0 bridgehead atoms. The van der Waals surface area contributed by atoms with E-state index >= 15 is 0 Å². The monoisotopic (exact) mass is 396 g/mol. The van der Waals surface area contributed by atoms with Gasteiger partial charge in [-0.15, -0.1) is 0 Å². The van der Waals surface area contributed by atoms with Gasteiger partial charge in [-0.1, -0.05) is 11.6 Å². The molecule has 3 aromatic rings. The molecule has 0 spiro atoms. The third-order valence-corrected chi connectivity index (χ3v) is 4.95. The number of halogens is 2. The highest BCUT2D eigenvalue weighted by atomic mass is 35.5. The molecule has 0 saturated heterocycles. The molecule has 0 radical (unpaired) electrons. The van der Waals surface area contributed by atoms with E-state index in [0.717, 1.165) is 18.2 Å². The van der Waals surface area contributed by atoms with Crippen molar-refractivity contribution in [2.24, 2.45) is 0 Å². The first-order valence-corrected chi connectivity index (χ1v) is 8.84. The fourth-order valence-corrected chi connectivity index (χ4v) is 3.42. The quantitative estimate of drug-likeness (QED) is 0.685. The average Bonchev–Trinajstić information content (AvgIpc) is 3.08. The number of carboxylic acids is 1. The summed E-state index contributed by atoms with van der Waals surface area (Å²) < 4.78 is 42.3. The molecule has 0 aliphatic heterocycles. The van der Waals surface area contributed by atoms with Gasteiger partial charge in [0.2, 0.25) is 0 Å². The number of aromatic carboxylic acids is 1. The highest BCUT2D eigenvalue weighted by Gasteiger charge is 2.21. The first-order valence-electron chi connectivity index (χ1n) is 6.98. The van der Waals surface area contributed by atoms with Crippen molar-refractivity contribution in [3.05, 3.63) is 65.5 Å². The Morgan fingerprint density at radius 1 is 1.23 bits per heavy atom. The predicted octanol–water partition coefficient (Wildman–Crippen LogP) is 2.56. The first kappa shape index (κ1) is 17.8. The van der Waals surface area contributed by atoms with Gasteiger partial charge in [0.1, 0.15) is 18.5 Å². The van der Waals surface area contributed by atoms with E-state index in [9.17, 15) is 17.6 Å². The molecule has 0 fully saturated rings. The van der Waals surface area contributed by atoms with Crippen LogP contribution in [0.5, 0.6) is 0 Å². The summed E-state index contributed by atoms with van der Waals surface area (Å²) in [5.41, 5.74) is -0.323. The molecule has 2 N–H and O–H groups in total. The lowest BCUT2D eigenvalue weighted by atomic mass is 10.2. The second-order valence-electron chi connectivity index (χ2n) is 5.05. The molecule has 1 aromatic heterocycles. The number of anilines is 1. The third kappa shape index (κ3) is 3.51. The molecule has 0 unspecified atom stereocenters. The Hall–Kier alpha value is -2.98. The second kappa shape index (κ2) is 6.73. The largest absolute Gasteiger partial charge is 0.478 e. The van der Waals surface area contributed by atoms with Gasteiger partial charge in [-0.3, -0.25) is 4.72 Å². The van der Waals surface area contributed by atoms with Crippen molar-refractivity contribution in [2.45, 2.75) is 4.90 Å². The fourth-order valence-electron chi connectivity index (χ4n) is 2.16. The summed E-state index contributed by atoms with van der Waals surface area (Å²) in [7, 11) is -4.22. The third-order valence-electron chi connectivity index (χ3n) is 3.35. The summed E-state index contributed by atoms with van der Waals surface area (Å²) in [6.45, 7) is 0. The van der Waals surface area contributed by atoms with Crippen molar-refractivity contribution in [1.29, 1.82) is 0 Å². The normalized spacial score (nSPS) is 11.3. The van der Waals surface area contributed by atoms with Crippen LogP contribution in [0.15, 0.2) is 53.9 Å². The molecule has 0 atom stereocenters. The number of aromatic nitrogens is 3. The van der Waals surface area contributed by atoms with E-state index in [-0.39, 0.29) is 10.7 Å². The zero-order chi connectivity index (χ0) is 18.9. The molecule has 8 nitrogen and oxygen atoms in total. The Balaban J connectivity index is 2.05. The van der Waals surface area contributed by atoms with Crippen molar-refractivity contribution < 1.29 is 22.7 Å². The highest BCUT2D eigenvalue weighted by molar-refractivity contribution is 7.92. The summed E-state index contributed by atoms with van der Waals surface area (Å²) in [5, 5.41) is 13.1. The molecule has 3 rings (SSSR count). The zero-order valence-electron chi connectivity index (χ0n) is 12.8. The van der Waals surface area contributed by atoms with Crippen LogP contribution in [-0.2, 0) is 10.0 Å². The summed E-state index contributed by atoms with van der Waals surface area (Å²) in [6.07, 6.45) is 2.63. The van der Waals surface area contributed by atoms with E-state index in [1.54, 1.807) is 0 Å². The first-order chi connectivity index (χ1) is 12.3. The number of nitrogens with one attached hydrogen (secondary N) is 1. The van der Waals surface area contributed by atoms with Gasteiger partial charge in [0.15, 0.2) is 0 Å². The van der Waals surface area contributed by atoms with E-state index in [0.29, 0.717) is 5.69 Å². The van der Waals surface area contributed by atoms with Crippen LogP contribution in [0, 0.1) is 5.82 Å². The molecule has 0 aliphatic rings. The Kier molecular flexibility index (Phi) is 4.62. The van der Waals surface area contributed by atoms with Gasteiger partial charge in [-0.25, -0.2) is 27.3 Å². The van der Waals surface area contributed by atoms with Gasteiger partial charge >= 0.3 is 5.97 Å². The van der Waals surface area contributed by atoms with Crippen molar-refractivity contribution >= 4 is 33.3 Å². The smallest absolute Gasteiger partial charge is 0.338 e. The maximum Gasteiger partial charge on any atom is 0.338 e. The van der Waals surface area contributed by atoms with Gasteiger partial charge in [0, 0.05) is 5.02 Å². The van der Waals surface area contributed by atoms with Crippen molar-refractivity contribution in [3.8, 4) is 5.69 Å². The standard InChI is InChI=1S/C15H10ClFN4O4S/c16-9-1-4-14(21-8-18-7-19-21)13(5-9)20-26(24,25)10-2-3-12(17)11(6-10)15(22)23/h1-8,20H,(H,22,23). The molecule has 1 heterocycles. The Morgan fingerprint density at radius 2 is 2.00 bits per heavy atom. The number of carboxylic acid groups (broad SMARTS) is 1. The van der Waals surface area contributed by atoms with Gasteiger partial charge in [0.05, 0.1) is 21.8 Å². The molecule has 26 heavy (non-hydrogen) atoms. The topological polar surface area (TPSA) is 114 Å². The van der Waals surface area contributed by atoms with Crippen LogP contribution in [0.25, 0.3) is 5.69 Å². The minimum Gasteiger partial charge on any atom is -0.478 e. The van der Waals surface area contributed by atoms with Gasteiger partial charge in [-0.2, -0.15) is 5.10 Å². The number of nitrogens with zero attached hydrogens (tertiary/aromatic N) is 3. The van der Waals surface area contributed by atoms with E-state index in [4.69, 9.17) is 16.7 Å². The molecular formula is C15H10ClFN4O4S. The summed E-state index contributed by atoms with van der Waals surface area (Å²) in [6, 6.07) is 6.90. The van der Waals surface area contributed by atoms with Gasteiger partial charge < -0.3 is 5.11 Å². The lowest BCUT2D eigenvalue weighted by Gasteiger charge is -2.13. The minimum atomic E-state index is -4.22. The molecule has 0 saturated carbocycles. The van der Waals surface area contributed by atoms with Crippen LogP contribution in [0.1, 0.15) is 10.4 Å². The van der Waals surface area contributed by atoms with Gasteiger partial charge in [-0.05, 0) is 36.4 Å². The number of sulfonamides is 1. The van der Waals surface area contributed by atoms with Crippen molar-refractivity contribution in [1.82, 2.24) is 14.8 Å².